The fraction of sp³-hybridized carbons (Fsp3) is 0.357. The van der Waals surface area contributed by atoms with Crippen LogP contribution in [0.1, 0.15) is 17.1 Å². The SMILES string of the molecule is COc1ccccc1CCNCc1cnc(C)[nH]1. The van der Waals surface area contributed by atoms with Gasteiger partial charge in [-0.25, -0.2) is 4.98 Å². The lowest BCUT2D eigenvalue weighted by atomic mass is 10.1. The molecule has 1 aromatic heterocycles. The number of benzene rings is 1. The van der Waals surface area contributed by atoms with Crippen molar-refractivity contribution in [2.45, 2.75) is 19.9 Å². The number of rotatable bonds is 6. The van der Waals surface area contributed by atoms with E-state index in [1.165, 1.54) is 5.56 Å². The first kappa shape index (κ1) is 12.6. The Morgan fingerprint density at radius 2 is 2.17 bits per heavy atom. The Labute approximate surface area is 107 Å². The summed E-state index contributed by atoms with van der Waals surface area (Å²) in [5.41, 5.74) is 2.35. The van der Waals surface area contributed by atoms with E-state index < -0.39 is 0 Å². The zero-order valence-electron chi connectivity index (χ0n) is 10.9. The number of aryl methyl sites for hydroxylation is 1. The molecule has 0 unspecified atom stereocenters. The third-order valence-corrected chi connectivity index (χ3v) is 2.83. The summed E-state index contributed by atoms with van der Waals surface area (Å²) in [7, 11) is 1.71. The average molecular weight is 245 g/mol. The number of hydrogen-bond acceptors (Lipinski definition) is 3. The quantitative estimate of drug-likeness (QED) is 0.766. The third-order valence-electron chi connectivity index (χ3n) is 2.83. The summed E-state index contributed by atoms with van der Waals surface area (Å²) < 4.78 is 5.32. The molecule has 0 radical (unpaired) electrons. The summed E-state index contributed by atoms with van der Waals surface area (Å²) in [6, 6.07) is 8.12. The van der Waals surface area contributed by atoms with E-state index >= 15 is 0 Å². The van der Waals surface area contributed by atoms with Crippen molar-refractivity contribution in [1.82, 2.24) is 15.3 Å². The normalized spacial score (nSPS) is 10.6. The second-order valence-corrected chi connectivity index (χ2v) is 4.23. The zero-order valence-corrected chi connectivity index (χ0v) is 10.9. The maximum Gasteiger partial charge on any atom is 0.122 e. The highest BCUT2D eigenvalue weighted by Gasteiger charge is 2.01. The second-order valence-electron chi connectivity index (χ2n) is 4.23. The predicted octanol–water partition coefficient (Wildman–Crippen LogP) is 2.06. The van der Waals surface area contributed by atoms with Crippen molar-refractivity contribution in [2.24, 2.45) is 0 Å². The van der Waals surface area contributed by atoms with Crippen molar-refractivity contribution >= 4 is 0 Å². The van der Waals surface area contributed by atoms with E-state index in [1.807, 2.05) is 31.3 Å². The minimum Gasteiger partial charge on any atom is -0.496 e. The molecule has 18 heavy (non-hydrogen) atoms. The molecule has 1 aromatic carbocycles. The van der Waals surface area contributed by atoms with Gasteiger partial charge in [-0.15, -0.1) is 0 Å². The zero-order chi connectivity index (χ0) is 12.8. The van der Waals surface area contributed by atoms with E-state index in [0.29, 0.717) is 0 Å². The molecule has 0 aliphatic heterocycles. The fourth-order valence-electron chi connectivity index (χ4n) is 1.92. The lowest BCUT2D eigenvalue weighted by molar-refractivity contribution is 0.409. The van der Waals surface area contributed by atoms with Crippen LogP contribution in [-0.4, -0.2) is 23.6 Å². The summed E-state index contributed by atoms with van der Waals surface area (Å²) in [4.78, 5) is 7.36. The molecule has 0 bridgehead atoms. The Kier molecular flexibility index (Phi) is 4.36. The Bertz CT molecular complexity index is 493. The molecule has 0 aliphatic carbocycles. The molecule has 96 valence electrons. The van der Waals surface area contributed by atoms with Gasteiger partial charge in [-0.2, -0.15) is 0 Å². The number of aromatic nitrogens is 2. The molecule has 2 rings (SSSR count). The van der Waals surface area contributed by atoms with Gasteiger partial charge in [0, 0.05) is 18.4 Å². The third kappa shape index (κ3) is 3.34. The Morgan fingerprint density at radius 1 is 1.33 bits per heavy atom. The van der Waals surface area contributed by atoms with E-state index in [4.69, 9.17) is 4.74 Å². The summed E-state index contributed by atoms with van der Waals surface area (Å²) in [5.74, 6) is 1.91. The number of para-hydroxylation sites is 1. The van der Waals surface area contributed by atoms with E-state index in [-0.39, 0.29) is 0 Å². The minimum absolute atomic E-state index is 0.815. The minimum atomic E-state index is 0.815. The van der Waals surface area contributed by atoms with Crippen LogP contribution in [0.15, 0.2) is 30.5 Å². The highest BCUT2D eigenvalue weighted by molar-refractivity contribution is 5.33. The first-order valence-electron chi connectivity index (χ1n) is 6.12. The molecule has 0 fully saturated rings. The average Bonchev–Trinajstić information content (AvgIpc) is 2.81. The summed E-state index contributed by atoms with van der Waals surface area (Å²) in [5, 5.41) is 3.39. The number of methoxy groups -OCH3 is 1. The van der Waals surface area contributed by atoms with Crippen LogP contribution in [0.3, 0.4) is 0 Å². The topological polar surface area (TPSA) is 49.9 Å². The van der Waals surface area contributed by atoms with E-state index in [2.05, 4.69) is 21.4 Å². The molecular formula is C14H19N3O. The molecule has 0 atom stereocenters. The lowest BCUT2D eigenvalue weighted by Crippen LogP contribution is -2.17. The van der Waals surface area contributed by atoms with Crippen LogP contribution in [-0.2, 0) is 13.0 Å². The van der Waals surface area contributed by atoms with Crippen LogP contribution in [0, 0.1) is 6.92 Å². The smallest absolute Gasteiger partial charge is 0.122 e. The first-order chi connectivity index (χ1) is 8.79. The number of hydrogen-bond donors (Lipinski definition) is 2. The van der Waals surface area contributed by atoms with Crippen molar-refractivity contribution in [1.29, 1.82) is 0 Å². The van der Waals surface area contributed by atoms with Gasteiger partial charge in [0.05, 0.1) is 7.11 Å². The summed E-state index contributed by atoms with van der Waals surface area (Å²) in [6.45, 7) is 3.69. The highest BCUT2D eigenvalue weighted by atomic mass is 16.5. The van der Waals surface area contributed by atoms with Gasteiger partial charge in [0.25, 0.3) is 0 Å². The lowest BCUT2D eigenvalue weighted by Gasteiger charge is -2.08. The number of ether oxygens (including phenoxy) is 1. The van der Waals surface area contributed by atoms with Crippen LogP contribution in [0.4, 0.5) is 0 Å². The van der Waals surface area contributed by atoms with Gasteiger partial charge < -0.3 is 15.0 Å². The standard InChI is InChI=1S/C14H19N3O/c1-11-16-10-13(17-11)9-15-8-7-12-5-3-4-6-14(12)18-2/h3-6,10,15H,7-9H2,1-2H3,(H,16,17). The van der Waals surface area contributed by atoms with Crippen LogP contribution in [0.25, 0.3) is 0 Å². The van der Waals surface area contributed by atoms with Crippen LogP contribution in [0.2, 0.25) is 0 Å². The summed E-state index contributed by atoms with van der Waals surface area (Å²) >= 11 is 0. The number of aromatic amines is 1. The number of nitrogens with zero attached hydrogens (tertiary/aromatic N) is 1. The number of imidazole rings is 1. The van der Waals surface area contributed by atoms with Crippen LogP contribution < -0.4 is 10.1 Å². The Morgan fingerprint density at radius 3 is 2.89 bits per heavy atom. The largest absolute Gasteiger partial charge is 0.496 e. The van der Waals surface area contributed by atoms with Gasteiger partial charge >= 0.3 is 0 Å². The van der Waals surface area contributed by atoms with E-state index in [0.717, 1.165) is 36.8 Å². The molecule has 0 aliphatic rings. The molecule has 1 heterocycles. The van der Waals surface area contributed by atoms with Gasteiger partial charge in [-0.05, 0) is 31.5 Å². The maximum absolute atomic E-state index is 5.32. The van der Waals surface area contributed by atoms with Crippen molar-refractivity contribution in [3.63, 3.8) is 0 Å². The monoisotopic (exact) mass is 245 g/mol. The van der Waals surface area contributed by atoms with Gasteiger partial charge in [0.2, 0.25) is 0 Å². The van der Waals surface area contributed by atoms with Gasteiger partial charge in [0.15, 0.2) is 0 Å². The molecule has 2 N–H and O–H groups in total. The van der Waals surface area contributed by atoms with Gasteiger partial charge in [-0.1, -0.05) is 18.2 Å². The molecular weight excluding hydrogens is 226 g/mol. The molecule has 0 saturated heterocycles. The molecule has 2 aromatic rings. The van der Waals surface area contributed by atoms with E-state index in [1.54, 1.807) is 7.11 Å². The predicted molar refractivity (Wildman–Crippen MR) is 71.7 cm³/mol. The number of nitrogens with one attached hydrogen (secondary N) is 2. The molecule has 4 heteroatoms. The summed E-state index contributed by atoms with van der Waals surface area (Å²) in [6.07, 6.45) is 2.82. The van der Waals surface area contributed by atoms with Crippen LogP contribution >= 0.6 is 0 Å². The van der Waals surface area contributed by atoms with Crippen LogP contribution in [0.5, 0.6) is 5.75 Å². The van der Waals surface area contributed by atoms with Crippen molar-refractivity contribution < 1.29 is 4.74 Å². The molecule has 4 nitrogen and oxygen atoms in total. The Balaban J connectivity index is 1.78. The van der Waals surface area contributed by atoms with Crippen molar-refractivity contribution in [3.8, 4) is 5.75 Å². The highest BCUT2D eigenvalue weighted by Crippen LogP contribution is 2.17. The number of H-pyrrole nitrogens is 1. The first-order valence-corrected chi connectivity index (χ1v) is 6.12. The maximum atomic E-state index is 5.32. The second kappa shape index (κ2) is 6.21. The molecule has 0 spiro atoms. The van der Waals surface area contributed by atoms with E-state index in [9.17, 15) is 0 Å². The van der Waals surface area contributed by atoms with Crippen molar-refractivity contribution in [2.75, 3.05) is 13.7 Å². The Hall–Kier alpha value is -1.81. The van der Waals surface area contributed by atoms with Gasteiger partial charge in [-0.3, -0.25) is 0 Å². The fourth-order valence-corrected chi connectivity index (χ4v) is 1.92. The van der Waals surface area contributed by atoms with Gasteiger partial charge in [0.1, 0.15) is 11.6 Å². The molecule has 0 amide bonds. The van der Waals surface area contributed by atoms with Crippen molar-refractivity contribution in [3.05, 3.63) is 47.5 Å². The molecule has 0 saturated carbocycles.